The van der Waals surface area contributed by atoms with E-state index in [-0.39, 0.29) is 5.91 Å². The molecule has 0 bridgehead atoms. The Morgan fingerprint density at radius 2 is 2.22 bits per heavy atom. The highest BCUT2D eigenvalue weighted by molar-refractivity contribution is 5.96. The van der Waals surface area contributed by atoms with E-state index < -0.39 is 0 Å². The highest BCUT2D eigenvalue weighted by atomic mass is 16.2. The fraction of sp³-hybridized carbons (Fsp3) is 0.444. The van der Waals surface area contributed by atoms with Gasteiger partial charge in [-0.3, -0.25) is 4.79 Å². The third-order valence-corrected chi connectivity index (χ3v) is 4.62. The summed E-state index contributed by atoms with van der Waals surface area (Å²) < 4.78 is 2.05. The van der Waals surface area contributed by atoms with Gasteiger partial charge < -0.3 is 14.8 Å². The molecule has 1 saturated heterocycles. The molecule has 3 heterocycles. The van der Waals surface area contributed by atoms with E-state index >= 15 is 0 Å². The van der Waals surface area contributed by atoms with E-state index in [0.717, 1.165) is 48.7 Å². The first-order chi connectivity index (χ1) is 11.1. The van der Waals surface area contributed by atoms with Gasteiger partial charge in [0.05, 0.1) is 5.56 Å². The van der Waals surface area contributed by atoms with Gasteiger partial charge >= 0.3 is 0 Å². The van der Waals surface area contributed by atoms with Crippen LogP contribution in [-0.4, -0.2) is 46.5 Å². The number of hydrogen-bond acceptors (Lipinski definition) is 3. The number of rotatable bonds is 4. The molecular weight excluding hydrogens is 288 g/mol. The molecule has 3 rings (SSSR count). The highest BCUT2D eigenvalue weighted by Gasteiger charge is 2.30. The first kappa shape index (κ1) is 15.7. The van der Waals surface area contributed by atoms with Crippen LogP contribution in [-0.2, 0) is 0 Å². The van der Waals surface area contributed by atoms with Crippen LogP contribution < -0.4 is 5.32 Å². The maximum Gasteiger partial charge on any atom is 0.255 e. The van der Waals surface area contributed by atoms with Gasteiger partial charge in [0, 0.05) is 36.7 Å². The molecule has 1 atom stereocenters. The SMILES string of the molecule is CNCC1CCCN1C(=O)c1cc(C)n(-c2ccccn2)c1C. The van der Waals surface area contributed by atoms with Crippen molar-refractivity contribution in [1.82, 2.24) is 19.8 Å². The number of amides is 1. The molecule has 2 aromatic heterocycles. The van der Waals surface area contributed by atoms with Gasteiger partial charge in [0.2, 0.25) is 0 Å². The van der Waals surface area contributed by atoms with Crippen LogP contribution in [0.15, 0.2) is 30.5 Å². The van der Waals surface area contributed by atoms with Crippen LogP contribution in [0.5, 0.6) is 0 Å². The second-order valence-electron chi connectivity index (χ2n) is 6.16. The quantitative estimate of drug-likeness (QED) is 0.942. The van der Waals surface area contributed by atoms with Crippen molar-refractivity contribution in [2.75, 3.05) is 20.1 Å². The Bertz CT molecular complexity index is 693. The fourth-order valence-electron chi connectivity index (χ4n) is 3.52. The summed E-state index contributed by atoms with van der Waals surface area (Å²) in [5.41, 5.74) is 2.78. The highest BCUT2D eigenvalue weighted by Crippen LogP contribution is 2.25. The Morgan fingerprint density at radius 1 is 1.39 bits per heavy atom. The number of hydrogen-bond donors (Lipinski definition) is 1. The first-order valence-electron chi connectivity index (χ1n) is 8.19. The molecular formula is C18H24N4O. The second-order valence-corrected chi connectivity index (χ2v) is 6.16. The number of aromatic nitrogens is 2. The van der Waals surface area contributed by atoms with Crippen molar-refractivity contribution >= 4 is 5.91 Å². The average molecular weight is 312 g/mol. The van der Waals surface area contributed by atoms with Gasteiger partial charge in [-0.2, -0.15) is 0 Å². The van der Waals surface area contributed by atoms with Gasteiger partial charge in [0.15, 0.2) is 0 Å². The fourth-order valence-corrected chi connectivity index (χ4v) is 3.52. The molecule has 1 amide bonds. The van der Waals surface area contributed by atoms with Gasteiger partial charge in [0.25, 0.3) is 5.91 Å². The number of nitrogens with one attached hydrogen (secondary N) is 1. The van der Waals surface area contributed by atoms with Crippen molar-refractivity contribution in [3.8, 4) is 5.82 Å². The summed E-state index contributed by atoms with van der Waals surface area (Å²) in [6.45, 7) is 5.72. The Balaban J connectivity index is 1.94. The van der Waals surface area contributed by atoms with Crippen LogP contribution in [0.25, 0.3) is 5.82 Å². The van der Waals surface area contributed by atoms with Crippen molar-refractivity contribution in [2.24, 2.45) is 0 Å². The summed E-state index contributed by atoms with van der Waals surface area (Å²) in [7, 11) is 1.94. The number of carbonyl (C=O) groups excluding carboxylic acids is 1. The minimum atomic E-state index is 0.137. The summed E-state index contributed by atoms with van der Waals surface area (Å²) >= 11 is 0. The van der Waals surface area contributed by atoms with E-state index in [0.29, 0.717) is 6.04 Å². The lowest BCUT2D eigenvalue weighted by molar-refractivity contribution is 0.0736. The minimum absolute atomic E-state index is 0.137. The van der Waals surface area contributed by atoms with E-state index in [2.05, 4.69) is 14.9 Å². The smallest absolute Gasteiger partial charge is 0.255 e. The second kappa shape index (κ2) is 6.54. The molecule has 122 valence electrons. The number of likely N-dealkylation sites (N-methyl/N-ethyl adjacent to an activating group) is 1. The molecule has 1 aliphatic heterocycles. The Kier molecular flexibility index (Phi) is 4.48. The van der Waals surface area contributed by atoms with Gasteiger partial charge in [-0.05, 0) is 51.9 Å². The predicted octanol–water partition coefficient (Wildman–Crippen LogP) is 2.31. The van der Waals surface area contributed by atoms with E-state index in [1.54, 1.807) is 6.20 Å². The summed E-state index contributed by atoms with van der Waals surface area (Å²) in [5, 5.41) is 3.19. The van der Waals surface area contributed by atoms with Crippen LogP contribution in [0.3, 0.4) is 0 Å². The number of likely N-dealkylation sites (tertiary alicyclic amines) is 1. The molecule has 0 saturated carbocycles. The predicted molar refractivity (Wildman–Crippen MR) is 91.0 cm³/mol. The van der Waals surface area contributed by atoms with E-state index in [4.69, 9.17) is 0 Å². The minimum Gasteiger partial charge on any atom is -0.334 e. The summed E-state index contributed by atoms with van der Waals surface area (Å²) in [6, 6.07) is 8.11. The summed E-state index contributed by atoms with van der Waals surface area (Å²) in [5.74, 6) is 0.993. The molecule has 5 heteroatoms. The third-order valence-electron chi connectivity index (χ3n) is 4.62. The normalized spacial score (nSPS) is 17.7. The summed E-state index contributed by atoms with van der Waals surface area (Å²) in [4.78, 5) is 19.4. The zero-order valence-corrected chi connectivity index (χ0v) is 14.0. The lowest BCUT2D eigenvalue weighted by Gasteiger charge is -2.24. The molecule has 23 heavy (non-hydrogen) atoms. The first-order valence-corrected chi connectivity index (χ1v) is 8.19. The molecule has 2 aromatic rings. The standard InChI is InChI=1S/C18H24N4O/c1-13-11-16(14(2)22(13)17-8-4-5-9-20-17)18(23)21-10-6-7-15(21)12-19-3/h4-5,8-9,11,15,19H,6-7,10,12H2,1-3H3. The molecule has 0 aliphatic carbocycles. The molecule has 1 aliphatic rings. The van der Waals surface area contributed by atoms with Crippen molar-refractivity contribution in [2.45, 2.75) is 32.7 Å². The van der Waals surface area contributed by atoms with E-state index in [9.17, 15) is 4.79 Å². The molecule has 1 N–H and O–H groups in total. The van der Waals surface area contributed by atoms with Crippen LogP contribution in [0.4, 0.5) is 0 Å². The lowest BCUT2D eigenvalue weighted by atomic mass is 10.2. The molecule has 5 nitrogen and oxygen atoms in total. The Hall–Kier alpha value is -2.14. The van der Waals surface area contributed by atoms with E-state index in [1.165, 1.54) is 0 Å². The van der Waals surface area contributed by atoms with Gasteiger partial charge in [-0.15, -0.1) is 0 Å². The molecule has 0 aromatic carbocycles. The zero-order chi connectivity index (χ0) is 16.4. The number of nitrogens with zero attached hydrogens (tertiary/aromatic N) is 3. The third kappa shape index (κ3) is 2.88. The molecule has 0 radical (unpaired) electrons. The number of carbonyl (C=O) groups is 1. The largest absolute Gasteiger partial charge is 0.334 e. The van der Waals surface area contributed by atoms with Crippen molar-refractivity contribution in [3.63, 3.8) is 0 Å². The topological polar surface area (TPSA) is 50.2 Å². The van der Waals surface area contributed by atoms with E-state index in [1.807, 2.05) is 50.1 Å². The van der Waals surface area contributed by atoms with Gasteiger partial charge in [0.1, 0.15) is 5.82 Å². The molecule has 1 fully saturated rings. The summed E-state index contributed by atoms with van der Waals surface area (Å²) in [6.07, 6.45) is 3.93. The maximum absolute atomic E-state index is 13.0. The Labute approximate surface area is 137 Å². The van der Waals surface area contributed by atoms with Gasteiger partial charge in [-0.1, -0.05) is 6.07 Å². The zero-order valence-electron chi connectivity index (χ0n) is 14.0. The van der Waals surface area contributed by atoms with Crippen molar-refractivity contribution in [1.29, 1.82) is 0 Å². The number of aryl methyl sites for hydroxylation is 1. The van der Waals surface area contributed by atoms with Crippen LogP contribution >= 0.6 is 0 Å². The number of pyridine rings is 1. The van der Waals surface area contributed by atoms with Crippen LogP contribution in [0.1, 0.15) is 34.6 Å². The maximum atomic E-state index is 13.0. The van der Waals surface area contributed by atoms with Crippen LogP contribution in [0, 0.1) is 13.8 Å². The van der Waals surface area contributed by atoms with Crippen LogP contribution in [0.2, 0.25) is 0 Å². The lowest BCUT2D eigenvalue weighted by Crippen LogP contribution is -2.41. The monoisotopic (exact) mass is 312 g/mol. The van der Waals surface area contributed by atoms with Gasteiger partial charge in [-0.25, -0.2) is 4.98 Å². The molecule has 0 spiro atoms. The van der Waals surface area contributed by atoms with Crippen molar-refractivity contribution in [3.05, 3.63) is 47.4 Å². The molecule has 1 unspecified atom stereocenters. The average Bonchev–Trinajstić information content (AvgIpc) is 3.12. The Morgan fingerprint density at radius 3 is 2.91 bits per heavy atom. The van der Waals surface area contributed by atoms with Crippen molar-refractivity contribution < 1.29 is 4.79 Å².